The average molecular weight is 1280 g/mol. The number of aliphatic hydroxyl groups excluding tert-OH is 21. The van der Waals surface area contributed by atoms with Crippen LogP contribution in [0.3, 0.4) is 0 Å². The van der Waals surface area contributed by atoms with Crippen molar-refractivity contribution in [1.82, 2.24) is 16.0 Å². The SMILES string of the molecule is CC(=O)N[C@H]1[C@H](OC[C@@H](O)[C@H](O)[C@H](O[C@@H]2O[C@H](CO)[C@@H](O[C@@H]3O[C@H](CO)[C@H](O)[C@H](O[C@@H]4O[C@H](CO)[C@@H](O[C@@H]5O[C@H](CO)[C@H](O)[C@H](O)[C@H]5O)[C@H](O)[C@H]4NC(C)=O)[C@H]3O)[C@H](O)[C@H]2NC(C)=O)[C@@H](O)CO)O[C@H](CO)[C@@H](O[C@@H]2O[C@H](CO)[C@H](O)[C@H](O)[C@H]2O)[C@@H]1O. The van der Waals surface area contributed by atoms with E-state index in [1.807, 2.05) is 0 Å². The summed E-state index contributed by atoms with van der Waals surface area (Å²) < 4.78 is 68.5. The molecule has 34 atom stereocenters. The Morgan fingerprint density at radius 2 is 0.690 bits per heavy atom. The topological polar surface area (TPSA) is 623 Å². The van der Waals surface area contributed by atoms with Crippen LogP contribution < -0.4 is 16.0 Å². The average Bonchev–Trinajstić information content (AvgIpc) is 1.22. The van der Waals surface area contributed by atoms with Gasteiger partial charge in [-0.15, -0.1) is 0 Å². The number of hydrogen-bond acceptors (Lipinski definition) is 36. The Bertz CT molecular complexity index is 2130. The number of aliphatic hydroxyl groups is 21. The summed E-state index contributed by atoms with van der Waals surface area (Å²) in [4.78, 5) is 37.6. The minimum absolute atomic E-state index is 0.818. The second kappa shape index (κ2) is 32.6. The number of nitrogens with one attached hydrogen (secondary N) is 3. The van der Waals surface area contributed by atoms with Gasteiger partial charge in [-0.3, -0.25) is 14.4 Å². The molecule has 6 saturated heterocycles. The highest BCUT2D eigenvalue weighted by Crippen LogP contribution is 2.36. The zero-order chi connectivity index (χ0) is 64.6. The zero-order valence-electron chi connectivity index (χ0n) is 46.8. The molecule has 0 bridgehead atoms. The second-order valence-corrected chi connectivity index (χ2v) is 21.6. The maximum Gasteiger partial charge on any atom is 0.217 e. The quantitative estimate of drug-likeness (QED) is 0.0382. The van der Waals surface area contributed by atoms with Crippen molar-refractivity contribution in [2.24, 2.45) is 0 Å². The molecule has 0 spiro atoms. The van der Waals surface area contributed by atoms with E-state index in [4.69, 9.17) is 56.8 Å². The fourth-order valence-corrected chi connectivity index (χ4v) is 10.7. The van der Waals surface area contributed by atoms with Gasteiger partial charge in [0, 0.05) is 20.8 Å². The van der Waals surface area contributed by atoms with E-state index in [1.54, 1.807) is 0 Å². The van der Waals surface area contributed by atoms with Crippen LogP contribution in [0.1, 0.15) is 20.8 Å². The van der Waals surface area contributed by atoms with E-state index in [2.05, 4.69) is 16.0 Å². The van der Waals surface area contributed by atoms with Crippen molar-refractivity contribution in [2.45, 2.75) is 229 Å². The lowest BCUT2D eigenvalue weighted by Gasteiger charge is -2.50. The number of rotatable bonds is 26. The third-order valence-corrected chi connectivity index (χ3v) is 15.4. The van der Waals surface area contributed by atoms with Crippen molar-refractivity contribution in [2.75, 3.05) is 52.9 Å². The van der Waals surface area contributed by atoms with Crippen LogP contribution >= 0.6 is 0 Å². The Labute approximate surface area is 493 Å². The van der Waals surface area contributed by atoms with Crippen molar-refractivity contribution >= 4 is 17.7 Å². The highest BCUT2D eigenvalue weighted by Gasteiger charge is 2.58. The molecule has 87 heavy (non-hydrogen) atoms. The predicted molar refractivity (Wildman–Crippen MR) is 269 cm³/mol. The number of amides is 3. The maximum absolute atomic E-state index is 12.7. The largest absolute Gasteiger partial charge is 0.394 e. The maximum atomic E-state index is 12.7. The van der Waals surface area contributed by atoms with Crippen LogP contribution in [-0.2, 0) is 71.2 Å². The van der Waals surface area contributed by atoms with Gasteiger partial charge < -0.3 is 180 Å². The van der Waals surface area contributed by atoms with Gasteiger partial charge in [0.1, 0.15) is 171 Å². The molecule has 6 rings (SSSR count). The summed E-state index contributed by atoms with van der Waals surface area (Å²) in [5.41, 5.74) is 0. The lowest BCUT2D eigenvalue weighted by Crippen LogP contribution is -2.70. The third-order valence-electron chi connectivity index (χ3n) is 15.4. The van der Waals surface area contributed by atoms with E-state index in [-0.39, 0.29) is 0 Å². The van der Waals surface area contributed by atoms with Crippen LogP contribution in [-0.4, -0.2) is 386 Å². The highest BCUT2D eigenvalue weighted by atomic mass is 16.8. The van der Waals surface area contributed by atoms with Gasteiger partial charge in [0.05, 0.1) is 52.9 Å². The second-order valence-electron chi connectivity index (χ2n) is 21.6. The minimum Gasteiger partial charge on any atom is -0.394 e. The fraction of sp³-hybridized carbons (Fsp3) is 0.938. The molecule has 6 aliphatic heterocycles. The summed E-state index contributed by atoms with van der Waals surface area (Å²) in [6, 6.07) is -5.34. The first kappa shape index (κ1) is 73.1. The number of hydrogen-bond donors (Lipinski definition) is 24. The van der Waals surface area contributed by atoms with Crippen molar-refractivity contribution in [1.29, 1.82) is 0 Å². The van der Waals surface area contributed by atoms with E-state index in [0.29, 0.717) is 0 Å². The van der Waals surface area contributed by atoms with Gasteiger partial charge >= 0.3 is 0 Å². The molecule has 6 aliphatic rings. The van der Waals surface area contributed by atoms with Crippen molar-refractivity contribution in [3.05, 3.63) is 0 Å². The van der Waals surface area contributed by atoms with Gasteiger partial charge in [0.2, 0.25) is 17.7 Å². The molecule has 39 heteroatoms. The fourth-order valence-electron chi connectivity index (χ4n) is 10.7. The molecular weight excluding hydrogens is 1190 g/mol. The normalized spacial score (nSPS) is 45.1. The molecule has 0 radical (unpaired) electrons. The molecule has 39 nitrogen and oxygen atoms in total. The van der Waals surface area contributed by atoms with E-state index in [0.717, 1.165) is 20.8 Å². The Kier molecular flexibility index (Phi) is 27.4. The summed E-state index contributed by atoms with van der Waals surface area (Å²) in [5.74, 6) is -2.60. The van der Waals surface area contributed by atoms with Gasteiger partial charge in [0.25, 0.3) is 0 Å². The summed E-state index contributed by atoms with van der Waals surface area (Å²) >= 11 is 0. The minimum atomic E-state index is -2.38. The first-order valence-electron chi connectivity index (χ1n) is 27.5. The Hall–Kier alpha value is -2.91. The van der Waals surface area contributed by atoms with Gasteiger partial charge in [-0.1, -0.05) is 0 Å². The van der Waals surface area contributed by atoms with Crippen LogP contribution in [0.15, 0.2) is 0 Å². The zero-order valence-corrected chi connectivity index (χ0v) is 46.8. The molecule has 3 amide bonds. The first-order valence-corrected chi connectivity index (χ1v) is 27.5. The van der Waals surface area contributed by atoms with E-state index in [1.165, 1.54) is 0 Å². The third kappa shape index (κ3) is 16.8. The smallest absolute Gasteiger partial charge is 0.217 e. The Morgan fingerprint density at radius 1 is 0.368 bits per heavy atom. The van der Waals surface area contributed by atoms with Gasteiger partial charge in [-0.2, -0.15) is 0 Å². The number of ether oxygens (including phenoxy) is 12. The molecule has 0 aliphatic carbocycles. The van der Waals surface area contributed by atoms with Gasteiger partial charge in [-0.25, -0.2) is 0 Å². The standard InChI is InChI=1S/C48H83N3O36/c1-12(59)49-23-30(68)39(84-46-35(73)33(71)27(65)17(5-53)77-46)20(8-56)80-43(23)76-11-16(63)26(64)38(15(62)4-52)83-44-24(50-13(2)60)31(69)41(22(10-58)81-44)86-48-37(75)42(29(67)19(7-55)79-48)87-45-25(51-14(3)61)32(70)40(21(9-57)82-45)85-47-36(74)34(72)28(66)18(6-54)78-47/h15-48,52-58,62-75H,4-11H2,1-3H3,(H,49,59)(H,50,60)(H,51,61)/t15-,16+,17+,18+,19+,20+,21+,22+,23+,24+,25+,26-,27-,28-,29-,30+,31+,32+,33-,34-,35+,36+,37+,38+,39+,40+,41+,42-,43+,44-,45-,46-,47-,48-/m0/s1. The Balaban J connectivity index is 1.17. The van der Waals surface area contributed by atoms with Crippen LogP contribution in [0, 0.1) is 0 Å². The first-order chi connectivity index (χ1) is 41.1. The molecule has 0 aromatic heterocycles. The lowest BCUT2D eigenvalue weighted by atomic mass is 9.94. The van der Waals surface area contributed by atoms with Gasteiger partial charge in [0.15, 0.2) is 37.7 Å². The monoisotopic (exact) mass is 1280 g/mol. The Morgan fingerprint density at radius 3 is 1.07 bits per heavy atom. The molecule has 506 valence electrons. The molecule has 6 heterocycles. The van der Waals surface area contributed by atoms with Gasteiger partial charge in [-0.05, 0) is 0 Å². The molecule has 0 saturated carbocycles. The summed E-state index contributed by atoms with van der Waals surface area (Å²) in [6.45, 7) is -5.29. The van der Waals surface area contributed by atoms with Crippen LogP contribution in [0.5, 0.6) is 0 Å². The van der Waals surface area contributed by atoms with E-state index in [9.17, 15) is 122 Å². The number of carbonyl (C=O) groups excluding carboxylic acids is 3. The molecule has 0 aromatic carbocycles. The van der Waals surface area contributed by atoms with E-state index < -0.39 is 279 Å². The highest BCUT2D eigenvalue weighted by molar-refractivity contribution is 5.74. The molecule has 0 aromatic rings. The summed E-state index contributed by atoms with van der Waals surface area (Å²) in [7, 11) is 0. The number of carbonyl (C=O) groups is 3. The van der Waals surface area contributed by atoms with Crippen LogP contribution in [0.25, 0.3) is 0 Å². The molecular formula is C48H83N3O36. The van der Waals surface area contributed by atoms with Crippen molar-refractivity contribution in [3.63, 3.8) is 0 Å². The van der Waals surface area contributed by atoms with Crippen molar-refractivity contribution < 1.29 is 178 Å². The predicted octanol–water partition coefficient (Wildman–Crippen LogP) is -16.2. The molecule has 0 unspecified atom stereocenters. The van der Waals surface area contributed by atoms with Crippen LogP contribution in [0.4, 0.5) is 0 Å². The summed E-state index contributed by atoms with van der Waals surface area (Å²) in [5, 5.41) is 232. The molecule has 6 fully saturated rings. The molecule has 24 N–H and O–H groups in total. The van der Waals surface area contributed by atoms with E-state index >= 15 is 0 Å². The van der Waals surface area contributed by atoms with Crippen LogP contribution in [0.2, 0.25) is 0 Å². The lowest BCUT2D eigenvalue weighted by molar-refractivity contribution is -0.379. The summed E-state index contributed by atoms with van der Waals surface area (Å²) in [6.07, 6.45) is -60.2. The van der Waals surface area contributed by atoms with Crippen molar-refractivity contribution in [3.8, 4) is 0 Å².